The topological polar surface area (TPSA) is 33.5 Å². The van der Waals surface area contributed by atoms with E-state index in [-0.39, 0.29) is 35.0 Å². The van der Waals surface area contributed by atoms with Crippen LogP contribution >= 0.6 is 0 Å². The number of aromatic nitrogens is 2. The van der Waals surface area contributed by atoms with Crippen LogP contribution in [0.2, 0.25) is 0 Å². The summed E-state index contributed by atoms with van der Waals surface area (Å²) >= 11 is 0. The van der Waals surface area contributed by atoms with Gasteiger partial charge in [-0.25, -0.2) is 22.5 Å². The van der Waals surface area contributed by atoms with Crippen molar-refractivity contribution in [2.24, 2.45) is 0 Å². The standard InChI is InChI=1S/C74H66F4N4O/c1-44(2)62-34-47(46-18-12-11-13-19-46)35-63(45(3)4)71(62)50-32-57(41-59(33-50)83-58-24-25-61-60-20-14-15-21-66(60)82(69(61)42-58)70-38-51(26-27-79-70)73(5,6)7)80-43-81(68-23-17-16-22-67(68)80)72-64(48-28-53(75)39-54(76)29-48)36-52(74(8,9)10)37-65(72)49-30-55(77)40-56(78)31-49/h11-42,44-45H,43H2,1-10H3. The minimum atomic E-state index is -0.747. The number of pyridine rings is 1. The van der Waals surface area contributed by atoms with Crippen LogP contribution in [0.3, 0.4) is 0 Å². The molecule has 3 heterocycles. The molecule has 1 aliphatic heterocycles. The number of benzene rings is 9. The normalized spacial score (nSPS) is 12.8. The van der Waals surface area contributed by atoms with Gasteiger partial charge in [-0.2, -0.15) is 0 Å². The van der Waals surface area contributed by atoms with E-state index in [9.17, 15) is 0 Å². The molecule has 416 valence electrons. The Bertz CT molecular complexity index is 4180. The minimum Gasteiger partial charge on any atom is -0.457 e. The maximum Gasteiger partial charge on any atom is 0.137 e. The Balaban J connectivity index is 1.08. The van der Waals surface area contributed by atoms with Crippen molar-refractivity contribution >= 4 is 44.6 Å². The predicted octanol–water partition coefficient (Wildman–Crippen LogP) is 21.3. The second-order valence-electron chi connectivity index (χ2n) is 24.7. The second-order valence-corrected chi connectivity index (χ2v) is 24.7. The van der Waals surface area contributed by atoms with E-state index in [1.165, 1.54) is 41.0 Å². The molecule has 9 aromatic carbocycles. The lowest BCUT2D eigenvalue weighted by molar-refractivity contribution is 0.483. The fourth-order valence-corrected chi connectivity index (χ4v) is 11.9. The molecule has 0 spiro atoms. The van der Waals surface area contributed by atoms with Gasteiger partial charge in [-0.3, -0.25) is 4.57 Å². The number of ether oxygens (including phenoxy) is 1. The lowest BCUT2D eigenvalue weighted by atomic mass is 9.82. The Morgan fingerprint density at radius 3 is 1.59 bits per heavy atom. The molecule has 0 radical (unpaired) electrons. The molecule has 9 heteroatoms. The van der Waals surface area contributed by atoms with Gasteiger partial charge in [0.15, 0.2) is 0 Å². The fraction of sp³-hybridized carbons (Fsp3) is 0.203. The molecule has 2 aromatic heterocycles. The summed E-state index contributed by atoms with van der Waals surface area (Å²) in [6, 6.07) is 59.4. The van der Waals surface area contributed by atoms with E-state index in [0.29, 0.717) is 28.3 Å². The van der Waals surface area contributed by atoms with Gasteiger partial charge in [0.2, 0.25) is 0 Å². The third-order valence-electron chi connectivity index (χ3n) is 16.1. The molecule has 1 aliphatic rings. The fourth-order valence-electron chi connectivity index (χ4n) is 11.9. The molecule has 0 saturated heterocycles. The summed E-state index contributed by atoms with van der Waals surface area (Å²) < 4.78 is 71.6. The van der Waals surface area contributed by atoms with Crippen LogP contribution in [-0.2, 0) is 10.8 Å². The molecule has 5 nitrogen and oxygen atoms in total. The molecule has 0 saturated carbocycles. The first kappa shape index (κ1) is 54.6. The van der Waals surface area contributed by atoms with E-state index in [1.807, 2.05) is 69.4 Å². The van der Waals surface area contributed by atoms with Crippen molar-refractivity contribution in [3.05, 3.63) is 240 Å². The minimum absolute atomic E-state index is 0.101. The molecule has 0 unspecified atom stereocenters. The molecular formula is C74H66F4N4O. The van der Waals surface area contributed by atoms with Gasteiger partial charge in [-0.1, -0.05) is 142 Å². The number of hydrogen-bond donors (Lipinski definition) is 0. The lowest BCUT2D eigenvalue weighted by Gasteiger charge is -2.30. The van der Waals surface area contributed by atoms with E-state index >= 15 is 17.6 Å². The van der Waals surface area contributed by atoms with Crippen LogP contribution in [0, 0.1) is 23.3 Å². The van der Waals surface area contributed by atoms with Gasteiger partial charge in [0.05, 0.1) is 28.1 Å². The van der Waals surface area contributed by atoms with Crippen molar-refractivity contribution in [1.29, 1.82) is 0 Å². The number of fused-ring (bicyclic) bond motifs is 4. The first-order chi connectivity index (χ1) is 39.7. The first-order valence-electron chi connectivity index (χ1n) is 28.5. The highest BCUT2D eigenvalue weighted by Gasteiger charge is 2.34. The number of para-hydroxylation sites is 3. The summed E-state index contributed by atoms with van der Waals surface area (Å²) in [5.41, 5.74) is 14.6. The SMILES string of the molecule is CC(C)c1cc(-c2ccccc2)cc(C(C)C)c1-c1cc(Oc2ccc3c4ccccc4n(-c4cc(C(C)(C)C)ccn4)c3c2)cc(N2CN(c3c(-c4cc(F)cc(F)c4)cc(C(C)(C)C)cc3-c3cc(F)cc(F)c3)c3ccccc32)c1. The molecule has 0 bridgehead atoms. The largest absolute Gasteiger partial charge is 0.457 e. The van der Waals surface area contributed by atoms with Crippen LogP contribution in [0.5, 0.6) is 11.5 Å². The van der Waals surface area contributed by atoms with Crippen LogP contribution in [0.1, 0.15) is 103 Å². The van der Waals surface area contributed by atoms with Crippen molar-refractivity contribution in [2.45, 2.75) is 91.9 Å². The highest BCUT2D eigenvalue weighted by molar-refractivity contribution is 6.09. The number of rotatable bonds is 11. The average molecular weight is 1100 g/mol. The maximum atomic E-state index is 15.5. The van der Waals surface area contributed by atoms with E-state index in [0.717, 1.165) is 84.6 Å². The Morgan fingerprint density at radius 2 is 1.00 bits per heavy atom. The third-order valence-corrected chi connectivity index (χ3v) is 16.1. The van der Waals surface area contributed by atoms with Gasteiger partial charge in [-0.15, -0.1) is 0 Å². The summed E-state index contributed by atoms with van der Waals surface area (Å²) in [6.45, 7) is 21.9. The van der Waals surface area contributed by atoms with Crippen LogP contribution < -0.4 is 14.5 Å². The number of hydrogen-bond acceptors (Lipinski definition) is 4. The van der Waals surface area contributed by atoms with Crippen molar-refractivity contribution in [3.63, 3.8) is 0 Å². The number of anilines is 4. The maximum absolute atomic E-state index is 15.5. The zero-order valence-electron chi connectivity index (χ0n) is 48.5. The highest BCUT2D eigenvalue weighted by Crippen LogP contribution is 2.53. The molecule has 0 N–H and O–H groups in total. The van der Waals surface area contributed by atoms with E-state index in [1.54, 1.807) is 0 Å². The van der Waals surface area contributed by atoms with Gasteiger partial charge in [0.1, 0.15) is 47.3 Å². The summed E-state index contributed by atoms with van der Waals surface area (Å²) in [6.07, 6.45) is 1.88. The van der Waals surface area contributed by atoms with Crippen LogP contribution in [0.15, 0.2) is 194 Å². The summed E-state index contributed by atoms with van der Waals surface area (Å²) in [5, 5.41) is 2.17. The van der Waals surface area contributed by atoms with Gasteiger partial charge in [0, 0.05) is 58.0 Å². The number of halogens is 4. The predicted molar refractivity (Wildman–Crippen MR) is 334 cm³/mol. The smallest absolute Gasteiger partial charge is 0.137 e. The Labute approximate surface area is 484 Å². The van der Waals surface area contributed by atoms with Crippen molar-refractivity contribution < 1.29 is 22.3 Å². The molecule has 0 aliphatic carbocycles. The third kappa shape index (κ3) is 10.4. The highest BCUT2D eigenvalue weighted by atomic mass is 19.1. The van der Waals surface area contributed by atoms with Crippen molar-refractivity contribution in [3.8, 4) is 61.8 Å². The van der Waals surface area contributed by atoms with Crippen LogP contribution in [0.25, 0.3) is 72.1 Å². The average Bonchev–Trinajstić information content (AvgIpc) is 4.26. The zero-order valence-corrected chi connectivity index (χ0v) is 48.5. The molecule has 0 atom stereocenters. The second kappa shape index (κ2) is 21.1. The van der Waals surface area contributed by atoms with Gasteiger partial charge in [0.25, 0.3) is 0 Å². The van der Waals surface area contributed by atoms with E-state index in [2.05, 4.69) is 172 Å². The van der Waals surface area contributed by atoms with Gasteiger partial charge in [-0.05, 0) is 169 Å². The zero-order chi connectivity index (χ0) is 58.2. The lowest BCUT2D eigenvalue weighted by Crippen LogP contribution is -2.25. The summed E-state index contributed by atoms with van der Waals surface area (Å²) in [4.78, 5) is 9.25. The van der Waals surface area contributed by atoms with Crippen molar-refractivity contribution in [1.82, 2.24) is 9.55 Å². The monoisotopic (exact) mass is 1100 g/mol. The molecule has 12 rings (SSSR count). The van der Waals surface area contributed by atoms with Crippen LogP contribution in [-0.4, -0.2) is 16.2 Å². The molecule has 0 fully saturated rings. The molecular weight excluding hydrogens is 1040 g/mol. The Hall–Kier alpha value is -8.95. The summed E-state index contributed by atoms with van der Waals surface area (Å²) in [7, 11) is 0. The molecule has 11 aromatic rings. The van der Waals surface area contributed by atoms with Crippen LogP contribution in [0.4, 0.5) is 40.3 Å². The number of nitrogens with zero attached hydrogens (tertiary/aromatic N) is 4. The van der Waals surface area contributed by atoms with Gasteiger partial charge >= 0.3 is 0 Å². The summed E-state index contributed by atoms with van der Waals surface area (Å²) in [5.74, 6) is -0.686. The van der Waals surface area contributed by atoms with Gasteiger partial charge < -0.3 is 14.5 Å². The molecule has 83 heavy (non-hydrogen) atoms. The quantitative estimate of drug-likeness (QED) is 0.121. The van der Waals surface area contributed by atoms with E-state index in [4.69, 9.17) is 9.72 Å². The van der Waals surface area contributed by atoms with Crippen molar-refractivity contribution in [2.75, 3.05) is 16.5 Å². The van der Waals surface area contributed by atoms with E-state index < -0.39 is 28.7 Å². The Morgan fingerprint density at radius 1 is 0.446 bits per heavy atom. The first-order valence-corrected chi connectivity index (χ1v) is 28.5. The molecule has 0 amide bonds. The Kier molecular flexibility index (Phi) is 13.9.